The molecular weight excluding hydrogens is 332 g/mol. The highest BCUT2D eigenvalue weighted by Gasteiger charge is 2.13. The lowest BCUT2D eigenvalue weighted by Gasteiger charge is -2.26. The van der Waals surface area contributed by atoms with Gasteiger partial charge in [0.1, 0.15) is 6.29 Å². The molecule has 0 aliphatic carbocycles. The molecule has 1 aromatic rings. The van der Waals surface area contributed by atoms with Gasteiger partial charge in [0, 0.05) is 19.0 Å². The van der Waals surface area contributed by atoms with Crippen LogP contribution in [0.5, 0.6) is 0 Å². The van der Waals surface area contributed by atoms with Crippen molar-refractivity contribution in [3.8, 4) is 0 Å². The maximum absolute atomic E-state index is 10.7. The Bertz CT molecular complexity index is 567. The normalized spacial score (nSPS) is 12.1. The molecule has 27 heavy (non-hydrogen) atoms. The number of unbranched alkanes of at least 4 members (excludes halogenated alkanes) is 4. The molecule has 0 aliphatic heterocycles. The maximum Gasteiger partial charge on any atom is 0.120 e. The van der Waals surface area contributed by atoms with Gasteiger partial charge in [-0.1, -0.05) is 56.2 Å². The average molecular weight is 371 g/mol. The van der Waals surface area contributed by atoms with Crippen molar-refractivity contribution >= 4 is 12.4 Å². The predicted octanol–water partition coefficient (Wildman–Crippen LogP) is 5.01. The minimum Gasteiger partial charge on any atom is -0.320 e. The SMILES string of the molecule is C=Cc1ccc(CCCCCCCNC)cc1CN(C)C(C=C)CCC=O. The van der Waals surface area contributed by atoms with Gasteiger partial charge in [0.15, 0.2) is 0 Å². The van der Waals surface area contributed by atoms with Gasteiger partial charge in [-0.15, -0.1) is 6.58 Å². The first-order valence-electron chi connectivity index (χ1n) is 10.3. The third-order valence-electron chi connectivity index (χ3n) is 5.16. The van der Waals surface area contributed by atoms with E-state index in [0.29, 0.717) is 6.42 Å². The van der Waals surface area contributed by atoms with Crippen molar-refractivity contribution in [1.82, 2.24) is 10.2 Å². The van der Waals surface area contributed by atoms with Gasteiger partial charge in [0.2, 0.25) is 0 Å². The third-order valence-corrected chi connectivity index (χ3v) is 5.16. The van der Waals surface area contributed by atoms with Gasteiger partial charge in [-0.05, 0) is 63.0 Å². The topological polar surface area (TPSA) is 32.3 Å². The molecule has 0 saturated heterocycles. The quantitative estimate of drug-likeness (QED) is 0.252. The van der Waals surface area contributed by atoms with Crippen molar-refractivity contribution in [2.45, 2.75) is 64.0 Å². The summed E-state index contributed by atoms with van der Waals surface area (Å²) in [5.41, 5.74) is 3.90. The molecule has 1 rings (SSSR count). The fraction of sp³-hybridized carbons (Fsp3) is 0.542. The van der Waals surface area contributed by atoms with Crippen molar-refractivity contribution in [3.63, 3.8) is 0 Å². The highest BCUT2D eigenvalue weighted by Crippen LogP contribution is 2.19. The lowest BCUT2D eigenvalue weighted by atomic mass is 9.98. The van der Waals surface area contributed by atoms with Crippen molar-refractivity contribution in [2.75, 3.05) is 20.6 Å². The number of aldehydes is 1. The van der Waals surface area contributed by atoms with Crippen molar-refractivity contribution < 1.29 is 4.79 Å². The molecule has 0 fully saturated rings. The van der Waals surface area contributed by atoms with Gasteiger partial charge in [-0.3, -0.25) is 4.90 Å². The highest BCUT2D eigenvalue weighted by molar-refractivity contribution is 5.53. The van der Waals surface area contributed by atoms with E-state index in [1.165, 1.54) is 48.8 Å². The van der Waals surface area contributed by atoms with Gasteiger partial charge in [-0.25, -0.2) is 0 Å². The Hall–Kier alpha value is -1.71. The molecule has 150 valence electrons. The second-order valence-electron chi connectivity index (χ2n) is 7.32. The van der Waals surface area contributed by atoms with Gasteiger partial charge in [0.25, 0.3) is 0 Å². The second-order valence-corrected chi connectivity index (χ2v) is 7.32. The summed E-state index contributed by atoms with van der Waals surface area (Å²) in [6.07, 6.45) is 13.8. The zero-order chi connectivity index (χ0) is 19.9. The monoisotopic (exact) mass is 370 g/mol. The molecule has 0 heterocycles. The number of rotatable bonds is 16. The molecule has 0 radical (unpaired) electrons. The van der Waals surface area contributed by atoms with Gasteiger partial charge in [-0.2, -0.15) is 0 Å². The van der Waals surface area contributed by atoms with Crippen molar-refractivity contribution in [1.29, 1.82) is 0 Å². The summed E-state index contributed by atoms with van der Waals surface area (Å²) in [6, 6.07) is 6.97. The number of nitrogens with zero attached hydrogens (tertiary/aromatic N) is 1. The largest absolute Gasteiger partial charge is 0.320 e. The molecule has 1 aromatic carbocycles. The van der Waals surface area contributed by atoms with Crippen LogP contribution >= 0.6 is 0 Å². The number of aryl methyl sites for hydroxylation is 1. The molecule has 1 atom stereocenters. The average Bonchev–Trinajstić information content (AvgIpc) is 2.68. The summed E-state index contributed by atoms with van der Waals surface area (Å²) in [5.74, 6) is 0. The first-order valence-corrected chi connectivity index (χ1v) is 10.3. The van der Waals surface area contributed by atoms with E-state index in [9.17, 15) is 4.79 Å². The molecular formula is C24H38N2O. The summed E-state index contributed by atoms with van der Waals surface area (Å²) >= 11 is 0. The molecule has 3 heteroatoms. The fourth-order valence-corrected chi connectivity index (χ4v) is 3.45. The molecule has 0 bridgehead atoms. The number of nitrogens with one attached hydrogen (secondary N) is 1. The summed E-state index contributed by atoms with van der Waals surface area (Å²) in [4.78, 5) is 12.9. The number of hydrogen-bond acceptors (Lipinski definition) is 3. The number of likely N-dealkylation sites (N-methyl/N-ethyl adjacent to an activating group) is 1. The van der Waals surface area contributed by atoms with Crippen LogP contribution in [-0.4, -0.2) is 37.9 Å². The highest BCUT2D eigenvalue weighted by atomic mass is 16.1. The Morgan fingerprint density at radius 2 is 1.89 bits per heavy atom. The smallest absolute Gasteiger partial charge is 0.120 e. The molecule has 0 spiro atoms. The van der Waals surface area contributed by atoms with Crippen LogP contribution in [0.25, 0.3) is 6.08 Å². The lowest BCUT2D eigenvalue weighted by molar-refractivity contribution is -0.108. The zero-order valence-corrected chi connectivity index (χ0v) is 17.4. The summed E-state index contributed by atoms with van der Waals surface area (Å²) < 4.78 is 0. The Balaban J connectivity index is 2.60. The van der Waals surface area contributed by atoms with Crippen LogP contribution in [0.15, 0.2) is 37.4 Å². The minimum atomic E-state index is 0.217. The molecule has 0 saturated carbocycles. The van der Waals surface area contributed by atoms with E-state index in [2.05, 4.69) is 48.6 Å². The van der Waals surface area contributed by atoms with Crippen LogP contribution in [0.4, 0.5) is 0 Å². The van der Waals surface area contributed by atoms with E-state index in [1.807, 2.05) is 19.2 Å². The van der Waals surface area contributed by atoms with Crippen LogP contribution in [0, 0.1) is 0 Å². The van der Waals surface area contributed by atoms with Gasteiger partial charge < -0.3 is 10.1 Å². The molecule has 1 unspecified atom stereocenters. The molecule has 3 nitrogen and oxygen atoms in total. The molecule has 1 N–H and O–H groups in total. The van der Waals surface area contributed by atoms with E-state index >= 15 is 0 Å². The van der Waals surface area contributed by atoms with E-state index < -0.39 is 0 Å². The Labute approximate surface area is 166 Å². The Kier molecular flexibility index (Phi) is 12.4. The van der Waals surface area contributed by atoms with Crippen LogP contribution in [0.2, 0.25) is 0 Å². The van der Waals surface area contributed by atoms with E-state index in [-0.39, 0.29) is 6.04 Å². The second kappa shape index (κ2) is 14.4. The fourth-order valence-electron chi connectivity index (χ4n) is 3.45. The van der Waals surface area contributed by atoms with Gasteiger partial charge in [0.05, 0.1) is 0 Å². The first kappa shape index (κ1) is 23.3. The maximum atomic E-state index is 10.7. The zero-order valence-electron chi connectivity index (χ0n) is 17.4. The number of carbonyl (C=O) groups is 1. The minimum absolute atomic E-state index is 0.217. The van der Waals surface area contributed by atoms with Crippen LogP contribution < -0.4 is 5.32 Å². The van der Waals surface area contributed by atoms with Gasteiger partial charge >= 0.3 is 0 Å². The summed E-state index contributed by atoms with van der Waals surface area (Å²) in [7, 11) is 4.11. The van der Waals surface area contributed by atoms with Crippen LogP contribution in [0.3, 0.4) is 0 Å². The number of benzene rings is 1. The van der Waals surface area contributed by atoms with E-state index in [1.54, 1.807) is 0 Å². The number of hydrogen-bond donors (Lipinski definition) is 1. The number of carbonyl (C=O) groups excluding carboxylic acids is 1. The first-order chi connectivity index (χ1) is 13.2. The predicted molar refractivity (Wildman–Crippen MR) is 118 cm³/mol. The van der Waals surface area contributed by atoms with Crippen LogP contribution in [-0.2, 0) is 17.8 Å². The van der Waals surface area contributed by atoms with Crippen LogP contribution in [0.1, 0.15) is 61.6 Å². The lowest BCUT2D eigenvalue weighted by Crippen LogP contribution is -2.29. The summed E-state index contributed by atoms with van der Waals surface area (Å²) in [6.45, 7) is 9.86. The molecule has 0 amide bonds. The van der Waals surface area contributed by atoms with Crippen molar-refractivity contribution in [3.05, 3.63) is 54.1 Å². The third kappa shape index (κ3) is 9.16. The van der Waals surface area contributed by atoms with E-state index in [0.717, 1.165) is 32.2 Å². The molecule has 0 aromatic heterocycles. The standard InChI is InChI=1S/C24H38N2O/c1-5-22-16-15-21(13-10-8-7-9-11-17-25-3)19-23(22)20-26(4)24(6-2)14-12-18-27/h5-6,15-16,18-19,24-25H,1-2,7-14,17,20H2,3-4H3. The van der Waals surface area contributed by atoms with E-state index in [4.69, 9.17) is 0 Å². The Morgan fingerprint density at radius 1 is 1.15 bits per heavy atom. The summed E-state index contributed by atoms with van der Waals surface area (Å²) in [5, 5.41) is 3.20. The molecule has 0 aliphatic rings. The Morgan fingerprint density at radius 3 is 2.56 bits per heavy atom. The van der Waals surface area contributed by atoms with Crippen molar-refractivity contribution in [2.24, 2.45) is 0 Å².